The molecule has 0 bridgehead atoms. The van der Waals surface area contributed by atoms with Crippen molar-refractivity contribution < 1.29 is 19.0 Å². The minimum absolute atomic E-state index is 0. The van der Waals surface area contributed by atoms with E-state index in [1.54, 1.807) is 20.3 Å². The largest absolute Gasteiger partial charge is 0.493 e. The summed E-state index contributed by atoms with van der Waals surface area (Å²) in [6.07, 6.45) is 1.17. The lowest BCUT2D eigenvalue weighted by Crippen LogP contribution is -2.20. The molecular formula is C16H28Cl2N2O4. The molecule has 0 fully saturated rings. The number of hydrogen-bond acceptors (Lipinski definition) is 6. The summed E-state index contributed by atoms with van der Waals surface area (Å²) >= 11 is 0. The van der Waals surface area contributed by atoms with E-state index in [9.17, 15) is 4.79 Å². The fourth-order valence-electron chi connectivity index (χ4n) is 2.28. The Hall–Kier alpha value is -1.37. The van der Waals surface area contributed by atoms with Crippen LogP contribution in [0, 0.1) is 0 Å². The average Bonchev–Trinajstić information content (AvgIpc) is 2.46. The average molecular weight is 383 g/mol. The summed E-state index contributed by atoms with van der Waals surface area (Å²) in [5.41, 5.74) is 7.48. The van der Waals surface area contributed by atoms with Gasteiger partial charge in [-0.1, -0.05) is 0 Å². The summed E-state index contributed by atoms with van der Waals surface area (Å²) in [4.78, 5) is 13.4. The monoisotopic (exact) mass is 382 g/mol. The van der Waals surface area contributed by atoms with Gasteiger partial charge in [0.15, 0.2) is 11.5 Å². The van der Waals surface area contributed by atoms with Crippen LogP contribution in [-0.4, -0.2) is 45.3 Å². The van der Waals surface area contributed by atoms with Gasteiger partial charge in [-0.3, -0.25) is 4.79 Å². The van der Waals surface area contributed by atoms with Gasteiger partial charge in [-0.05, 0) is 33.0 Å². The van der Waals surface area contributed by atoms with Crippen molar-refractivity contribution in [1.29, 1.82) is 0 Å². The minimum atomic E-state index is -0.154. The zero-order valence-corrected chi connectivity index (χ0v) is 16.3. The number of esters is 1. The maximum Gasteiger partial charge on any atom is 0.305 e. The van der Waals surface area contributed by atoms with Gasteiger partial charge in [0.05, 0.1) is 20.8 Å². The minimum Gasteiger partial charge on any atom is -0.493 e. The number of halogens is 2. The van der Waals surface area contributed by atoms with Gasteiger partial charge in [-0.25, -0.2) is 0 Å². The van der Waals surface area contributed by atoms with Crippen LogP contribution in [-0.2, 0) is 16.1 Å². The molecule has 2 N–H and O–H groups in total. The van der Waals surface area contributed by atoms with Crippen LogP contribution in [0.4, 0.5) is 5.69 Å². The summed E-state index contributed by atoms with van der Waals surface area (Å²) in [6.45, 7) is 3.67. The molecular weight excluding hydrogens is 355 g/mol. The normalized spacial score (nSPS) is 9.71. The number of nitrogen functional groups attached to an aromatic ring is 1. The Morgan fingerprint density at radius 1 is 1.21 bits per heavy atom. The topological polar surface area (TPSA) is 74.0 Å². The van der Waals surface area contributed by atoms with Crippen molar-refractivity contribution in [2.45, 2.75) is 26.3 Å². The molecule has 24 heavy (non-hydrogen) atoms. The fourth-order valence-corrected chi connectivity index (χ4v) is 2.28. The summed E-state index contributed by atoms with van der Waals surface area (Å²) < 4.78 is 15.6. The number of nitrogens with zero attached hydrogens (tertiary/aromatic N) is 1. The zero-order chi connectivity index (χ0) is 16.5. The van der Waals surface area contributed by atoms with E-state index in [1.807, 2.05) is 20.0 Å². The SMILES string of the molecule is CCOC(=O)CCCN(C)Cc1cc(N)cc(OC)c1OC.Cl.Cl. The Morgan fingerprint density at radius 3 is 2.42 bits per heavy atom. The molecule has 0 atom stereocenters. The van der Waals surface area contributed by atoms with Gasteiger partial charge in [-0.15, -0.1) is 24.8 Å². The standard InChI is InChI=1S/C16H26N2O4.2ClH/c1-5-22-15(19)7-6-8-18(2)11-12-9-13(17)10-14(20-3)16(12)21-4;;/h9-10H,5-8,11,17H2,1-4H3;2*1H. The van der Waals surface area contributed by atoms with Gasteiger partial charge in [0, 0.05) is 30.3 Å². The van der Waals surface area contributed by atoms with Crippen molar-refractivity contribution in [3.8, 4) is 11.5 Å². The number of ether oxygens (including phenoxy) is 3. The molecule has 1 aromatic carbocycles. The van der Waals surface area contributed by atoms with Crippen molar-refractivity contribution in [1.82, 2.24) is 4.90 Å². The molecule has 0 aromatic heterocycles. The number of nitrogens with two attached hydrogens (primary N) is 1. The van der Waals surface area contributed by atoms with Crippen molar-refractivity contribution in [3.63, 3.8) is 0 Å². The van der Waals surface area contributed by atoms with Gasteiger partial charge in [0.2, 0.25) is 0 Å². The number of methoxy groups -OCH3 is 2. The lowest BCUT2D eigenvalue weighted by atomic mass is 10.1. The van der Waals surface area contributed by atoms with Crippen LogP contribution in [0.3, 0.4) is 0 Å². The molecule has 0 spiro atoms. The summed E-state index contributed by atoms with van der Waals surface area (Å²) in [5.74, 6) is 1.16. The van der Waals surface area contributed by atoms with Gasteiger partial charge in [0.1, 0.15) is 0 Å². The van der Waals surface area contributed by atoms with Crippen LogP contribution in [0.25, 0.3) is 0 Å². The van der Waals surface area contributed by atoms with Crippen LogP contribution in [0.5, 0.6) is 11.5 Å². The molecule has 1 aromatic rings. The highest BCUT2D eigenvalue weighted by atomic mass is 35.5. The number of rotatable bonds is 9. The molecule has 8 heteroatoms. The van der Waals surface area contributed by atoms with E-state index in [0.29, 0.717) is 36.8 Å². The number of hydrogen-bond donors (Lipinski definition) is 1. The highest BCUT2D eigenvalue weighted by molar-refractivity contribution is 5.85. The smallest absolute Gasteiger partial charge is 0.305 e. The third-order valence-corrected chi connectivity index (χ3v) is 3.24. The second kappa shape index (κ2) is 13.0. The fraction of sp³-hybridized carbons (Fsp3) is 0.562. The quantitative estimate of drug-likeness (QED) is 0.522. The van der Waals surface area contributed by atoms with E-state index in [4.69, 9.17) is 19.9 Å². The third kappa shape index (κ3) is 7.95. The van der Waals surface area contributed by atoms with Crippen molar-refractivity contribution in [3.05, 3.63) is 17.7 Å². The maximum absolute atomic E-state index is 11.3. The first kappa shape index (κ1) is 24.9. The molecule has 0 aliphatic heterocycles. The molecule has 1 rings (SSSR count). The molecule has 0 heterocycles. The van der Waals surface area contributed by atoms with E-state index in [-0.39, 0.29) is 30.8 Å². The molecule has 0 radical (unpaired) electrons. The maximum atomic E-state index is 11.3. The molecule has 0 amide bonds. The van der Waals surface area contributed by atoms with Gasteiger partial charge in [-0.2, -0.15) is 0 Å². The summed E-state index contributed by atoms with van der Waals surface area (Å²) in [5, 5.41) is 0. The Labute approximate surface area is 156 Å². The van der Waals surface area contributed by atoms with Crippen molar-refractivity contribution in [2.24, 2.45) is 0 Å². The van der Waals surface area contributed by atoms with E-state index >= 15 is 0 Å². The first-order chi connectivity index (χ1) is 10.5. The first-order valence-corrected chi connectivity index (χ1v) is 7.36. The van der Waals surface area contributed by atoms with Gasteiger partial charge >= 0.3 is 5.97 Å². The van der Waals surface area contributed by atoms with Crippen LogP contribution in [0.1, 0.15) is 25.3 Å². The predicted molar refractivity (Wildman–Crippen MR) is 101 cm³/mol. The van der Waals surface area contributed by atoms with E-state index in [0.717, 1.165) is 18.5 Å². The molecule has 0 saturated carbocycles. The van der Waals surface area contributed by atoms with Gasteiger partial charge < -0.3 is 24.8 Å². The second-order valence-electron chi connectivity index (χ2n) is 5.06. The highest BCUT2D eigenvalue weighted by Crippen LogP contribution is 2.34. The summed E-state index contributed by atoms with van der Waals surface area (Å²) in [7, 11) is 5.18. The van der Waals surface area contributed by atoms with Crippen LogP contribution >= 0.6 is 24.8 Å². The first-order valence-electron chi connectivity index (χ1n) is 7.36. The lowest BCUT2D eigenvalue weighted by molar-refractivity contribution is -0.143. The van der Waals surface area contributed by atoms with Crippen molar-refractivity contribution >= 4 is 36.5 Å². The Kier molecular flexibility index (Phi) is 13.5. The second-order valence-corrected chi connectivity index (χ2v) is 5.06. The predicted octanol–water partition coefficient (Wildman–Crippen LogP) is 2.90. The Bertz CT molecular complexity index is 501. The van der Waals surface area contributed by atoms with Crippen LogP contribution in [0.2, 0.25) is 0 Å². The molecule has 0 aliphatic rings. The summed E-state index contributed by atoms with van der Waals surface area (Å²) in [6, 6.07) is 3.62. The van der Waals surface area contributed by atoms with Crippen LogP contribution in [0.15, 0.2) is 12.1 Å². The number of anilines is 1. The lowest BCUT2D eigenvalue weighted by Gasteiger charge is -2.20. The molecule has 0 aliphatic carbocycles. The molecule has 6 nitrogen and oxygen atoms in total. The van der Waals surface area contributed by atoms with E-state index in [2.05, 4.69) is 4.90 Å². The van der Waals surface area contributed by atoms with Crippen molar-refractivity contribution in [2.75, 3.05) is 40.2 Å². The van der Waals surface area contributed by atoms with Gasteiger partial charge in [0.25, 0.3) is 0 Å². The Morgan fingerprint density at radius 2 is 1.88 bits per heavy atom. The molecule has 140 valence electrons. The van der Waals surface area contributed by atoms with E-state index in [1.165, 1.54) is 0 Å². The molecule has 0 saturated heterocycles. The van der Waals surface area contributed by atoms with E-state index < -0.39 is 0 Å². The highest BCUT2D eigenvalue weighted by Gasteiger charge is 2.13. The molecule has 0 unspecified atom stereocenters. The number of carbonyl (C=O) groups excluding carboxylic acids is 1. The zero-order valence-electron chi connectivity index (χ0n) is 14.7. The Balaban J connectivity index is 0. The van der Waals surface area contributed by atoms with Crippen LogP contribution < -0.4 is 15.2 Å². The third-order valence-electron chi connectivity index (χ3n) is 3.24. The number of benzene rings is 1. The number of carbonyl (C=O) groups is 1.